The molecule has 1 aliphatic rings. The van der Waals surface area contributed by atoms with E-state index in [2.05, 4.69) is 16.2 Å². The SMILES string of the molecule is NS(=O)(=O)c1ccc(CCNC(=O)C2CNNC2c2cccc(Cl)c2)cc1. The number of benzene rings is 2. The molecule has 144 valence electrons. The maximum absolute atomic E-state index is 12.6. The normalized spacial score (nSPS) is 19.8. The van der Waals surface area contributed by atoms with Gasteiger partial charge < -0.3 is 5.32 Å². The number of rotatable bonds is 6. The Bertz CT molecular complexity index is 918. The molecule has 0 bridgehead atoms. The molecule has 2 atom stereocenters. The number of nitrogens with one attached hydrogen (secondary N) is 3. The van der Waals surface area contributed by atoms with E-state index >= 15 is 0 Å². The van der Waals surface area contributed by atoms with Gasteiger partial charge in [0, 0.05) is 18.1 Å². The fourth-order valence-corrected chi connectivity index (χ4v) is 3.78. The van der Waals surface area contributed by atoms with Gasteiger partial charge in [0.05, 0.1) is 16.9 Å². The minimum Gasteiger partial charge on any atom is -0.355 e. The van der Waals surface area contributed by atoms with Crippen molar-refractivity contribution in [1.29, 1.82) is 0 Å². The molecule has 1 aliphatic heterocycles. The van der Waals surface area contributed by atoms with Crippen molar-refractivity contribution in [3.8, 4) is 0 Å². The maximum Gasteiger partial charge on any atom is 0.238 e. The largest absolute Gasteiger partial charge is 0.355 e. The molecular formula is C18H21ClN4O3S. The van der Waals surface area contributed by atoms with Crippen LogP contribution in [0.2, 0.25) is 5.02 Å². The lowest BCUT2D eigenvalue weighted by molar-refractivity contribution is -0.124. The number of sulfonamides is 1. The highest BCUT2D eigenvalue weighted by Crippen LogP contribution is 2.26. The van der Waals surface area contributed by atoms with Gasteiger partial charge in [0.15, 0.2) is 0 Å². The quantitative estimate of drug-likeness (QED) is 0.572. The van der Waals surface area contributed by atoms with E-state index in [-0.39, 0.29) is 22.8 Å². The summed E-state index contributed by atoms with van der Waals surface area (Å²) in [5.74, 6) is -0.313. The van der Waals surface area contributed by atoms with E-state index in [0.29, 0.717) is 24.5 Å². The van der Waals surface area contributed by atoms with Crippen LogP contribution in [0.25, 0.3) is 0 Å². The summed E-state index contributed by atoms with van der Waals surface area (Å²) in [6.45, 7) is 0.971. The van der Waals surface area contributed by atoms with E-state index in [1.807, 2.05) is 18.2 Å². The highest BCUT2D eigenvalue weighted by Gasteiger charge is 2.33. The van der Waals surface area contributed by atoms with Crippen LogP contribution in [0.1, 0.15) is 17.2 Å². The minimum atomic E-state index is -3.69. The van der Waals surface area contributed by atoms with Gasteiger partial charge in [0.25, 0.3) is 0 Å². The number of hydrazine groups is 1. The van der Waals surface area contributed by atoms with Gasteiger partial charge in [-0.3, -0.25) is 10.2 Å². The number of halogens is 1. The van der Waals surface area contributed by atoms with Crippen molar-refractivity contribution < 1.29 is 13.2 Å². The molecule has 3 rings (SSSR count). The standard InChI is InChI=1S/C18H21ClN4O3S/c19-14-3-1-2-13(10-14)17-16(11-22-23-17)18(24)21-9-8-12-4-6-15(7-5-12)27(20,25)26/h1-7,10,16-17,22-23H,8-9,11H2,(H,21,24)(H2,20,25,26). The van der Waals surface area contributed by atoms with Crippen molar-refractivity contribution in [3.63, 3.8) is 0 Å². The summed E-state index contributed by atoms with van der Waals surface area (Å²) in [5.41, 5.74) is 8.01. The van der Waals surface area contributed by atoms with Crippen LogP contribution in [0.5, 0.6) is 0 Å². The van der Waals surface area contributed by atoms with Gasteiger partial charge in [-0.2, -0.15) is 0 Å². The second-order valence-electron chi connectivity index (χ2n) is 6.39. The first kappa shape index (κ1) is 19.8. The molecule has 1 amide bonds. The smallest absolute Gasteiger partial charge is 0.238 e. The van der Waals surface area contributed by atoms with Crippen LogP contribution in [0.4, 0.5) is 0 Å². The van der Waals surface area contributed by atoms with Crippen LogP contribution in [-0.4, -0.2) is 27.4 Å². The molecule has 2 unspecified atom stereocenters. The van der Waals surface area contributed by atoms with Crippen LogP contribution in [0, 0.1) is 5.92 Å². The fourth-order valence-electron chi connectivity index (χ4n) is 3.06. The highest BCUT2D eigenvalue weighted by molar-refractivity contribution is 7.89. The Morgan fingerprint density at radius 2 is 1.96 bits per heavy atom. The summed E-state index contributed by atoms with van der Waals surface area (Å²) >= 11 is 6.05. The molecule has 0 saturated carbocycles. The molecule has 2 aromatic carbocycles. The van der Waals surface area contributed by atoms with Crippen LogP contribution in [0.3, 0.4) is 0 Å². The number of hydrogen-bond acceptors (Lipinski definition) is 5. The zero-order valence-corrected chi connectivity index (χ0v) is 16.1. The Morgan fingerprint density at radius 1 is 1.22 bits per heavy atom. The third-order valence-corrected chi connectivity index (χ3v) is 5.66. The molecule has 0 aromatic heterocycles. The zero-order valence-electron chi connectivity index (χ0n) is 14.5. The van der Waals surface area contributed by atoms with E-state index < -0.39 is 10.0 Å². The molecule has 7 nitrogen and oxygen atoms in total. The lowest BCUT2D eigenvalue weighted by Crippen LogP contribution is -2.36. The molecule has 1 heterocycles. The Morgan fingerprint density at radius 3 is 2.63 bits per heavy atom. The first-order valence-electron chi connectivity index (χ1n) is 8.48. The van der Waals surface area contributed by atoms with Gasteiger partial charge in [-0.15, -0.1) is 0 Å². The Kier molecular flexibility index (Phi) is 6.13. The second-order valence-corrected chi connectivity index (χ2v) is 8.39. The summed E-state index contributed by atoms with van der Waals surface area (Å²) in [4.78, 5) is 12.6. The summed E-state index contributed by atoms with van der Waals surface area (Å²) in [6.07, 6.45) is 0.589. The topological polar surface area (TPSA) is 113 Å². The van der Waals surface area contributed by atoms with Crippen molar-refractivity contribution in [3.05, 3.63) is 64.7 Å². The Labute approximate surface area is 163 Å². The van der Waals surface area contributed by atoms with Gasteiger partial charge in [-0.1, -0.05) is 35.9 Å². The van der Waals surface area contributed by atoms with Crippen molar-refractivity contribution >= 4 is 27.5 Å². The number of primary sulfonamides is 1. The van der Waals surface area contributed by atoms with Crippen LogP contribution >= 0.6 is 11.6 Å². The molecule has 0 spiro atoms. The third kappa shape index (κ3) is 5.06. The summed E-state index contributed by atoms with van der Waals surface area (Å²) in [7, 11) is -3.69. The average Bonchev–Trinajstić information content (AvgIpc) is 3.11. The van der Waals surface area contributed by atoms with Crippen molar-refractivity contribution in [1.82, 2.24) is 16.2 Å². The number of carbonyl (C=O) groups is 1. The Balaban J connectivity index is 1.56. The summed E-state index contributed by atoms with van der Waals surface area (Å²) in [5, 5.41) is 8.65. The molecule has 5 N–H and O–H groups in total. The van der Waals surface area contributed by atoms with Crippen molar-refractivity contribution in [2.45, 2.75) is 17.4 Å². The number of hydrogen-bond donors (Lipinski definition) is 4. The number of nitrogens with two attached hydrogens (primary N) is 1. The van der Waals surface area contributed by atoms with E-state index in [1.54, 1.807) is 18.2 Å². The fraction of sp³-hybridized carbons (Fsp3) is 0.278. The molecule has 9 heteroatoms. The lowest BCUT2D eigenvalue weighted by atomic mass is 9.94. The number of amides is 1. The van der Waals surface area contributed by atoms with Crippen LogP contribution < -0.4 is 21.3 Å². The zero-order chi connectivity index (χ0) is 19.4. The highest BCUT2D eigenvalue weighted by atomic mass is 35.5. The van der Waals surface area contributed by atoms with E-state index in [0.717, 1.165) is 11.1 Å². The molecular weight excluding hydrogens is 388 g/mol. The minimum absolute atomic E-state index is 0.0568. The molecule has 27 heavy (non-hydrogen) atoms. The van der Waals surface area contributed by atoms with Gasteiger partial charge in [0.2, 0.25) is 15.9 Å². The summed E-state index contributed by atoms with van der Waals surface area (Å²) < 4.78 is 22.5. The maximum atomic E-state index is 12.6. The number of carbonyl (C=O) groups excluding carboxylic acids is 1. The van der Waals surface area contributed by atoms with E-state index in [9.17, 15) is 13.2 Å². The molecule has 0 radical (unpaired) electrons. The van der Waals surface area contributed by atoms with E-state index in [4.69, 9.17) is 16.7 Å². The van der Waals surface area contributed by atoms with Crippen molar-refractivity contribution in [2.75, 3.05) is 13.1 Å². The van der Waals surface area contributed by atoms with Gasteiger partial charge in [0.1, 0.15) is 0 Å². The second kappa shape index (κ2) is 8.37. The molecule has 0 aliphatic carbocycles. The molecule has 2 aromatic rings. The van der Waals surface area contributed by atoms with Gasteiger partial charge in [-0.25, -0.2) is 19.0 Å². The Hall–Kier alpha value is -1.97. The predicted octanol–water partition coefficient (Wildman–Crippen LogP) is 1.11. The van der Waals surface area contributed by atoms with Gasteiger partial charge >= 0.3 is 0 Å². The van der Waals surface area contributed by atoms with Crippen molar-refractivity contribution in [2.24, 2.45) is 11.1 Å². The van der Waals surface area contributed by atoms with Crippen LogP contribution in [-0.2, 0) is 21.2 Å². The average molecular weight is 409 g/mol. The summed E-state index contributed by atoms with van der Waals surface area (Å²) in [6, 6.07) is 13.6. The molecule has 1 fully saturated rings. The van der Waals surface area contributed by atoms with Gasteiger partial charge in [-0.05, 0) is 41.8 Å². The lowest BCUT2D eigenvalue weighted by Gasteiger charge is -2.18. The first-order valence-corrected chi connectivity index (χ1v) is 10.4. The monoisotopic (exact) mass is 408 g/mol. The predicted molar refractivity (Wildman–Crippen MR) is 103 cm³/mol. The molecule has 1 saturated heterocycles. The first-order chi connectivity index (χ1) is 12.8. The third-order valence-electron chi connectivity index (χ3n) is 4.49. The van der Waals surface area contributed by atoms with E-state index in [1.165, 1.54) is 12.1 Å². The van der Waals surface area contributed by atoms with Crippen LogP contribution in [0.15, 0.2) is 53.4 Å².